The van der Waals surface area contributed by atoms with E-state index in [1.165, 1.54) is 26.3 Å². The van der Waals surface area contributed by atoms with Crippen molar-refractivity contribution in [3.05, 3.63) is 129 Å². The first-order valence-electron chi connectivity index (χ1n) is 14.1. The molecule has 10 nitrogen and oxygen atoms in total. The maximum Gasteiger partial charge on any atom is 0.258 e. The number of nitrogens with one attached hydrogen (secondary N) is 3. The molecule has 5 rings (SSSR count). The normalized spacial score (nSPS) is 12.0. The molecule has 0 spiro atoms. The van der Waals surface area contributed by atoms with Crippen LogP contribution in [-0.4, -0.2) is 34.4 Å². The van der Waals surface area contributed by atoms with Crippen LogP contribution in [0.4, 0.5) is 0 Å². The molecule has 2 amide bonds. The van der Waals surface area contributed by atoms with Gasteiger partial charge in [-0.15, -0.1) is 0 Å². The zero-order valence-electron chi connectivity index (χ0n) is 24.9. The van der Waals surface area contributed by atoms with E-state index in [9.17, 15) is 22.8 Å². The summed E-state index contributed by atoms with van der Waals surface area (Å²) < 4.78 is 41.1. The highest BCUT2D eigenvalue weighted by molar-refractivity contribution is 9.10. The summed E-state index contributed by atoms with van der Waals surface area (Å²) in [5, 5.41) is 5.46. The molecule has 3 N–H and O–H groups in total. The standard InChI is InChI=1S/C34H30BrN3O7S/c1-36-32(39)18-28(22-8-12-25(35)13-9-22)38-34(41)27-20-45-29-14-10-23(16-26(29)33(27)40)24-11-15-30(44-2)31(17-24)46(42,43)37-19-21-6-4-3-5-7-21/h3-17,20,28,37H,18-19H2,1-2H3,(H,36,39)(H,38,41)/t28-/m0/s1. The van der Waals surface area contributed by atoms with Crippen molar-refractivity contribution in [1.82, 2.24) is 15.4 Å². The van der Waals surface area contributed by atoms with Gasteiger partial charge in [-0.25, -0.2) is 13.1 Å². The van der Waals surface area contributed by atoms with Gasteiger partial charge in [0.05, 0.1) is 25.0 Å². The van der Waals surface area contributed by atoms with Crippen molar-refractivity contribution >= 4 is 48.7 Å². The molecule has 0 radical (unpaired) electrons. The van der Waals surface area contributed by atoms with Crippen molar-refractivity contribution < 1.29 is 27.2 Å². The summed E-state index contributed by atoms with van der Waals surface area (Å²) in [6.45, 7) is 0.0875. The zero-order chi connectivity index (χ0) is 32.8. The average molecular weight is 705 g/mol. The van der Waals surface area contributed by atoms with Gasteiger partial charge in [-0.1, -0.05) is 70.5 Å². The summed E-state index contributed by atoms with van der Waals surface area (Å²) in [5.74, 6) is -0.847. The molecule has 0 unspecified atom stereocenters. The zero-order valence-corrected chi connectivity index (χ0v) is 27.3. The highest BCUT2D eigenvalue weighted by Crippen LogP contribution is 2.31. The van der Waals surface area contributed by atoms with Gasteiger partial charge >= 0.3 is 0 Å². The molecule has 4 aromatic carbocycles. The second-order valence-electron chi connectivity index (χ2n) is 10.3. The number of rotatable bonds is 11. The summed E-state index contributed by atoms with van der Waals surface area (Å²) in [5.41, 5.74) is 1.90. The van der Waals surface area contributed by atoms with Gasteiger partial charge in [0.15, 0.2) is 0 Å². The summed E-state index contributed by atoms with van der Waals surface area (Å²) in [6, 6.07) is 25.0. The Balaban J connectivity index is 1.46. The lowest BCUT2D eigenvalue weighted by molar-refractivity contribution is -0.121. The number of carbonyl (C=O) groups is 2. The highest BCUT2D eigenvalue weighted by Gasteiger charge is 2.23. The first kappa shape index (κ1) is 32.6. The quantitative estimate of drug-likeness (QED) is 0.169. The molecule has 1 atom stereocenters. The van der Waals surface area contributed by atoms with Crippen molar-refractivity contribution in [2.24, 2.45) is 0 Å². The predicted octanol–water partition coefficient (Wildman–Crippen LogP) is 5.32. The minimum Gasteiger partial charge on any atom is -0.495 e. The van der Waals surface area contributed by atoms with Crippen molar-refractivity contribution in [1.29, 1.82) is 0 Å². The maximum atomic E-state index is 13.6. The maximum absolute atomic E-state index is 13.6. The fourth-order valence-corrected chi connectivity index (χ4v) is 6.33. The molecule has 46 heavy (non-hydrogen) atoms. The van der Waals surface area contributed by atoms with Crippen LogP contribution in [0, 0.1) is 0 Å². The number of sulfonamides is 1. The number of ether oxygens (including phenoxy) is 1. The lowest BCUT2D eigenvalue weighted by Crippen LogP contribution is -2.35. The van der Waals surface area contributed by atoms with Crippen LogP contribution in [0.3, 0.4) is 0 Å². The first-order chi connectivity index (χ1) is 22.1. The molecule has 5 aromatic rings. The molecule has 1 aromatic heterocycles. The molecular weight excluding hydrogens is 674 g/mol. The van der Waals surface area contributed by atoms with E-state index >= 15 is 0 Å². The Kier molecular flexibility index (Phi) is 10.0. The number of hydrogen-bond donors (Lipinski definition) is 3. The summed E-state index contributed by atoms with van der Waals surface area (Å²) in [4.78, 5) is 39.1. The number of hydrogen-bond acceptors (Lipinski definition) is 7. The molecule has 0 aliphatic heterocycles. The number of methoxy groups -OCH3 is 1. The van der Waals surface area contributed by atoms with Crippen LogP contribution < -0.4 is 25.5 Å². The van der Waals surface area contributed by atoms with Crippen LogP contribution in [0.2, 0.25) is 0 Å². The van der Waals surface area contributed by atoms with E-state index in [0.29, 0.717) is 16.7 Å². The van der Waals surface area contributed by atoms with Crippen LogP contribution in [-0.2, 0) is 21.4 Å². The third-order valence-corrected chi connectivity index (χ3v) is 9.31. The van der Waals surface area contributed by atoms with E-state index in [0.717, 1.165) is 16.3 Å². The van der Waals surface area contributed by atoms with Crippen LogP contribution in [0.1, 0.15) is 33.9 Å². The number of benzene rings is 4. The Bertz CT molecular complexity index is 2070. The van der Waals surface area contributed by atoms with Crippen molar-refractivity contribution in [3.63, 3.8) is 0 Å². The number of fused-ring (bicyclic) bond motifs is 1. The molecule has 0 saturated carbocycles. The molecular formula is C34H30BrN3O7S. The lowest BCUT2D eigenvalue weighted by atomic mass is 10.0. The van der Waals surface area contributed by atoms with Gasteiger partial charge in [0.2, 0.25) is 21.4 Å². The van der Waals surface area contributed by atoms with Gasteiger partial charge < -0.3 is 19.8 Å². The minimum atomic E-state index is -3.99. The summed E-state index contributed by atoms with van der Waals surface area (Å²) in [7, 11) is -1.10. The van der Waals surface area contributed by atoms with Gasteiger partial charge in [0.25, 0.3) is 5.91 Å². The van der Waals surface area contributed by atoms with E-state index in [4.69, 9.17) is 9.15 Å². The topological polar surface area (TPSA) is 144 Å². The van der Waals surface area contributed by atoms with E-state index in [2.05, 4.69) is 31.3 Å². The fourth-order valence-electron chi connectivity index (χ4n) is 4.86. The van der Waals surface area contributed by atoms with Gasteiger partial charge in [0, 0.05) is 18.1 Å². The third kappa shape index (κ3) is 7.36. The Hall–Kier alpha value is -4.78. The van der Waals surface area contributed by atoms with Gasteiger partial charge in [-0.05, 0) is 58.7 Å². The van der Waals surface area contributed by atoms with Crippen LogP contribution >= 0.6 is 15.9 Å². The minimum absolute atomic E-state index is 0.0458. The average Bonchev–Trinajstić information content (AvgIpc) is 3.07. The van der Waals surface area contributed by atoms with E-state index in [1.807, 2.05) is 30.3 Å². The first-order valence-corrected chi connectivity index (χ1v) is 16.4. The molecule has 1 heterocycles. The third-order valence-electron chi connectivity index (χ3n) is 7.36. The van der Waals surface area contributed by atoms with E-state index in [-0.39, 0.29) is 46.1 Å². The smallest absolute Gasteiger partial charge is 0.258 e. The van der Waals surface area contributed by atoms with Crippen molar-refractivity contribution in [2.45, 2.75) is 23.9 Å². The largest absolute Gasteiger partial charge is 0.495 e. The lowest BCUT2D eigenvalue weighted by Gasteiger charge is -2.18. The van der Waals surface area contributed by atoms with Gasteiger partial charge in [-0.3, -0.25) is 14.4 Å². The SMILES string of the molecule is CNC(=O)C[C@H](NC(=O)c1coc2ccc(-c3ccc(OC)c(S(=O)(=O)NCc4ccccc4)c3)cc2c1=O)c1ccc(Br)cc1. The second-order valence-corrected chi connectivity index (χ2v) is 13.0. The van der Waals surface area contributed by atoms with E-state index in [1.54, 1.807) is 48.5 Å². The number of halogens is 1. The Morgan fingerprint density at radius 2 is 1.63 bits per heavy atom. The fraction of sp³-hybridized carbons (Fsp3) is 0.147. The predicted molar refractivity (Wildman–Crippen MR) is 178 cm³/mol. The monoisotopic (exact) mass is 703 g/mol. The number of carbonyl (C=O) groups excluding carboxylic acids is 2. The molecule has 236 valence electrons. The summed E-state index contributed by atoms with van der Waals surface area (Å²) >= 11 is 3.38. The summed E-state index contributed by atoms with van der Waals surface area (Å²) in [6.07, 6.45) is 1.05. The molecule has 12 heteroatoms. The van der Waals surface area contributed by atoms with Crippen LogP contribution in [0.25, 0.3) is 22.1 Å². The molecule has 0 aliphatic carbocycles. The second kappa shape index (κ2) is 14.1. The van der Waals surface area contributed by atoms with E-state index < -0.39 is 27.4 Å². The van der Waals surface area contributed by atoms with Crippen LogP contribution in [0.15, 0.2) is 116 Å². The van der Waals surface area contributed by atoms with Crippen molar-refractivity contribution in [3.8, 4) is 16.9 Å². The molecule has 0 bridgehead atoms. The Morgan fingerprint density at radius 3 is 2.33 bits per heavy atom. The van der Waals surface area contributed by atoms with Crippen LogP contribution in [0.5, 0.6) is 5.75 Å². The highest BCUT2D eigenvalue weighted by atomic mass is 79.9. The molecule has 0 saturated heterocycles. The van der Waals surface area contributed by atoms with Gasteiger partial charge in [0.1, 0.15) is 28.1 Å². The Morgan fingerprint density at radius 1 is 0.935 bits per heavy atom. The van der Waals surface area contributed by atoms with Crippen molar-refractivity contribution in [2.75, 3.05) is 14.2 Å². The molecule has 0 aliphatic rings. The number of amides is 2. The Labute approximate surface area is 274 Å². The molecule has 0 fully saturated rings. The van der Waals surface area contributed by atoms with Gasteiger partial charge in [-0.2, -0.15) is 0 Å².